The summed E-state index contributed by atoms with van der Waals surface area (Å²) in [4.78, 5) is 11.3. The molecule has 1 rings (SSSR count). The number of carbonyl (C=O) groups excluding carboxylic acids is 1. The lowest BCUT2D eigenvalue weighted by Crippen LogP contribution is -2.44. The van der Waals surface area contributed by atoms with Gasteiger partial charge < -0.3 is 10.6 Å². The van der Waals surface area contributed by atoms with Gasteiger partial charge in [0, 0.05) is 18.7 Å². The van der Waals surface area contributed by atoms with E-state index in [0.717, 1.165) is 13.1 Å². The van der Waals surface area contributed by atoms with Gasteiger partial charge in [0.15, 0.2) is 9.84 Å². The first-order valence-electron chi connectivity index (χ1n) is 5.21. The van der Waals surface area contributed by atoms with Gasteiger partial charge in [-0.3, -0.25) is 4.79 Å². The summed E-state index contributed by atoms with van der Waals surface area (Å²) < 4.78 is 22.2. The molecule has 1 amide bonds. The Kier molecular flexibility index (Phi) is 4.53. The summed E-state index contributed by atoms with van der Waals surface area (Å²) in [5, 5.41) is 5.71. The van der Waals surface area contributed by atoms with Gasteiger partial charge in [-0.2, -0.15) is 0 Å². The van der Waals surface area contributed by atoms with Crippen LogP contribution in [0.15, 0.2) is 0 Å². The molecule has 0 bridgehead atoms. The van der Waals surface area contributed by atoms with E-state index >= 15 is 0 Å². The van der Waals surface area contributed by atoms with E-state index in [1.54, 1.807) is 6.92 Å². The fraction of sp³-hybridized carbons (Fsp3) is 0.889. The minimum absolute atomic E-state index is 0.0398. The Hall–Kier alpha value is -0.620. The van der Waals surface area contributed by atoms with Crippen LogP contribution >= 0.6 is 0 Å². The van der Waals surface area contributed by atoms with E-state index in [9.17, 15) is 13.2 Å². The molecule has 1 aliphatic heterocycles. The van der Waals surface area contributed by atoms with Gasteiger partial charge in [0.25, 0.3) is 0 Å². The summed E-state index contributed by atoms with van der Waals surface area (Å²) in [6, 6.07) is 0. The molecule has 0 aliphatic carbocycles. The van der Waals surface area contributed by atoms with Crippen molar-refractivity contribution < 1.29 is 13.2 Å². The molecular weight excluding hydrogens is 216 g/mol. The van der Waals surface area contributed by atoms with Crippen molar-refractivity contribution in [2.24, 2.45) is 5.92 Å². The molecule has 0 atom stereocenters. The zero-order valence-electron chi connectivity index (χ0n) is 8.95. The second kappa shape index (κ2) is 5.46. The average Bonchev–Trinajstić information content (AvgIpc) is 2.11. The van der Waals surface area contributed by atoms with Gasteiger partial charge in [-0.25, -0.2) is 8.42 Å². The van der Waals surface area contributed by atoms with Crippen molar-refractivity contribution in [2.75, 3.05) is 31.1 Å². The summed E-state index contributed by atoms with van der Waals surface area (Å²) in [5.74, 6) is 0.550. The van der Waals surface area contributed by atoms with Crippen molar-refractivity contribution in [3.63, 3.8) is 0 Å². The van der Waals surface area contributed by atoms with E-state index in [4.69, 9.17) is 0 Å². The zero-order chi connectivity index (χ0) is 11.3. The standard InChI is InChI=1S/C9H18N2O3S/c1-2-15(13,14)4-3-11-9(12)5-8-6-10-7-8/h8,10H,2-7H2,1H3,(H,11,12). The third-order valence-electron chi connectivity index (χ3n) is 2.52. The Bertz CT molecular complexity index is 309. The van der Waals surface area contributed by atoms with Crippen molar-refractivity contribution in [3.8, 4) is 0 Å². The highest BCUT2D eigenvalue weighted by molar-refractivity contribution is 7.91. The molecule has 1 fully saturated rings. The Morgan fingerprint density at radius 1 is 1.47 bits per heavy atom. The number of nitrogens with one attached hydrogen (secondary N) is 2. The summed E-state index contributed by atoms with van der Waals surface area (Å²) in [6.07, 6.45) is 0.499. The highest BCUT2D eigenvalue weighted by Crippen LogP contribution is 2.07. The van der Waals surface area contributed by atoms with Crippen molar-refractivity contribution in [1.29, 1.82) is 0 Å². The summed E-state index contributed by atoms with van der Waals surface area (Å²) in [6.45, 7) is 3.62. The lowest BCUT2D eigenvalue weighted by molar-refractivity contribution is -0.122. The van der Waals surface area contributed by atoms with Gasteiger partial charge in [0.05, 0.1) is 5.75 Å². The molecule has 0 spiro atoms. The van der Waals surface area contributed by atoms with Crippen LogP contribution in [0.3, 0.4) is 0 Å². The monoisotopic (exact) mass is 234 g/mol. The predicted molar refractivity (Wildman–Crippen MR) is 58.3 cm³/mol. The molecule has 1 heterocycles. The van der Waals surface area contributed by atoms with Crippen molar-refractivity contribution in [1.82, 2.24) is 10.6 Å². The molecule has 2 N–H and O–H groups in total. The van der Waals surface area contributed by atoms with Gasteiger partial charge in [-0.15, -0.1) is 0 Å². The third-order valence-corrected chi connectivity index (χ3v) is 4.22. The highest BCUT2D eigenvalue weighted by Gasteiger charge is 2.19. The van der Waals surface area contributed by atoms with Gasteiger partial charge in [0.1, 0.15) is 0 Å². The molecule has 6 heteroatoms. The van der Waals surface area contributed by atoms with E-state index in [1.807, 2.05) is 0 Å². The van der Waals surface area contributed by atoms with E-state index in [0.29, 0.717) is 12.3 Å². The molecule has 0 aromatic heterocycles. The summed E-state index contributed by atoms with van der Waals surface area (Å²) >= 11 is 0. The van der Waals surface area contributed by atoms with Crippen LogP contribution in [0.25, 0.3) is 0 Å². The lowest BCUT2D eigenvalue weighted by atomic mass is 9.99. The molecule has 1 aliphatic rings. The van der Waals surface area contributed by atoms with E-state index in [2.05, 4.69) is 10.6 Å². The first-order valence-corrected chi connectivity index (χ1v) is 7.03. The number of amides is 1. The smallest absolute Gasteiger partial charge is 0.220 e. The number of carbonyl (C=O) groups is 1. The van der Waals surface area contributed by atoms with Crippen LogP contribution in [0.2, 0.25) is 0 Å². The van der Waals surface area contributed by atoms with Crippen LogP contribution in [0.1, 0.15) is 13.3 Å². The number of hydrogen-bond donors (Lipinski definition) is 2. The summed E-state index contributed by atoms with van der Waals surface area (Å²) in [5.41, 5.74) is 0. The molecule has 1 saturated heterocycles. The maximum Gasteiger partial charge on any atom is 0.220 e. The predicted octanol–water partition coefficient (Wildman–Crippen LogP) is -0.853. The number of hydrogen-bond acceptors (Lipinski definition) is 4. The Morgan fingerprint density at radius 2 is 2.13 bits per heavy atom. The molecule has 0 saturated carbocycles. The minimum Gasteiger partial charge on any atom is -0.355 e. The fourth-order valence-corrected chi connectivity index (χ4v) is 2.02. The quantitative estimate of drug-likeness (QED) is 0.627. The molecule has 88 valence electrons. The first kappa shape index (κ1) is 12.4. The van der Waals surface area contributed by atoms with E-state index in [1.165, 1.54) is 0 Å². The van der Waals surface area contributed by atoms with Crippen LogP contribution in [0.5, 0.6) is 0 Å². The van der Waals surface area contributed by atoms with Crippen LogP contribution in [-0.2, 0) is 14.6 Å². The van der Waals surface area contributed by atoms with Crippen molar-refractivity contribution >= 4 is 15.7 Å². The Balaban J connectivity index is 2.11. The van der Waals surface area contributed by atoms with Crippen LogP contribution < -0.4 is 10.6 Å². The largest absolute Gasteiger partial charge is 0.355 e. The number of sulfone groups is 1. The van der Waals surface area contributed by atoms with Crippen LogP contribution in [0.4, 0.5) is 0 Å². The topological polar surface area (TPSA) is 75.3 Å². The SMILES string of the molecule is CCS(=O)(=O)CCNC(=O)CC1CNC1. The fourth-order valence-electron chi connectivity index (χ4n) is 1.32. The molecule has 15 heavy (non-hydrogen) atoms. The maximum atomic E-state index is 11.3. The molecule has 0 unspecified atom stereocenters. The van der Waals surface area contributed by atoms with Gasteiger partial charge >= 0.3 is 0 Å². The van der Waals surface area contributed by atoms with Gasteiger partial charge in [-0.1, -0.05) is 6.92 Å². The van der Waals surface area contributed by atoms with Gasteiger partial charge in [0.2, 0.25) is 5.91 Å². The Morgan fingerprint density at radius 3 is 2.60 bits per heavy atom. The lowest BCUT2D eigenvalue weighted by Gasteiger charge is -2.26. The molecule has 0 radical (unpaired) electrons. The Labute approximate surface area is 90.5 Å². The molecule has 5 nitrogen and oxygen atoms in total. The normalized spacial score (nSPS) is 17.1. The maximum absolute atomic E-state index is 11.3. The second-order valence-electron chi connectivity index (χ2n) is 3.81. The minimum atomic E-state index is -2.96. The first-order chi connectivity index (χ1) is 7.03. The number of rotatable bonds is 6. The molecule has 0 aromatic carbocycles. The van der Waals surface area contributed by atoms with Crippen LogP contribution in [0, 0.1) is 5.92 Å². The van der Waals surface area contributed by atoms with Crippen LogP contribution in [-0.4, -0.2) is 45.5 Å². The van der Waals surface area contributed by atoms with E-state index < -0.39 is 9.84 Å². The zero-order valence-corrected chi connectivity index (χ0v) is 9.77. The van der Waals surface area contributed by atoms with E-state index in [-0.39, 0.29) is 24.0 Å². The average molecular weight is 234 g/mol. The van der Waals surface area contributed by atoms with Gasteiger partial charge in [-0.05, 0) is 19.0 Å². The third kappa shape index (κ3) is 4.61. The second-order valence-corrected chi connectivity index (χ2v) is 6.29. The summed E-state index contributed by atoms with van der Waals surface area (Å²) in [7, 11) is -2.96. The molecular formula is C9H18N2O3S. The van der Waals surface area contributed by atoms with Crippen molar-refractivity contribution in [3.05, 3.63) is 0 Å². The highest BCUT2D eigenvalue weighted by atomic mass is 32.2. The molecule has 0 aromatic rings. The van der Waals surface area contributed by atoms with Crippen molar-refractivity contribution in [2.45, 2.75) is 13.3 Å².